The summed E-state index contributed by atoms with van der Waals surface area (Å²) in [4.78, 5) is 42.9. The molecule has 1 fully saturated rings. The number of aliphatic imine (C=N–C) groups is 1. The highest BCUT2D eigenvalue weighted by Gasteiger charge is 2.50. The van der Waals surface area contributed by atoms with Gasteiger partial charge in [0, 0.05) is 26.2 Å². The zero-order valence-corrected chi connectivity index (χ0v) is 14.2. The average Bonchev–Trinajstić information content (AvgIpc) is 3.03. The molecule has 0 radical (unpaired) electrons. The molecule has 1 aromatic rings. The number of amides is 4. The number of amidine groups is 1. The zero-order valence-electron chi connectivity index (χ0n) is 14.2. The van der Waals surface area contributed by atoms with Crippen molar-refractivity contribution < 1.29 is 19.0 Å². The maximum atomic E-state index is 12.4. The lowest BCUT2D eigenvalue weighted by atomic mass is 10.1. The Kier molecular flexibility index (Phi) is 4.60. The van der Waals surface area contributed by atoms with Crippen molar-refractivity contribution in [2.24, 2.45) is 4.99 Å². The number of anilines is 1. The molecule has 2 aliphatic rings. The van der Waals surface area contributed by atoms with Gasteiger partial charge in [0.2, 0.25) is 5.91 Å². The summed E-state index contributed by atoms with van der Waals surface area (Å²) in [6.07, 6.45) is 2.47. The number of imide groups is 1. The van der Waals surface area contributed by atoms with Crippen molar-refractivity contribution in [3.8, 4) is 0 Å². The van der Waals surface area contributed by atoms with Crippen molar-refractivity contribution >= 4 is 35.7 Å². The lowest BCUT2D eigenvalue weighted by Crippen LogP contribution is -2.61. The fourth-order valence-electron chi connectivity index (χ4n) is 2.90. The molecule has 1 unspecified atom stereocenters. The first-order valence-electron chi connectivity index (χ1n) is 8.06. The van der Waals surface area contributed by atoms with E-state index in [0.29, 0.717) is 25.2 Å². The molecule has 0 aromatic heterocycles. The third kappa shape index (κ3) is 3.28. The third-order valence-corrected chi connectivity index (χ3v) is 4.27. The highest BCUT2D eigenvalue weighted by atomic mass is 16.2. The average molecular weight is 342 g/mol. The van der Waals surface area contributed by atoms with E-state index in [-0.39, 0.29) is 11.8 Å². The van der Waals surface area contributed by atoms with Crippen LogP contribution >= 0.6 is 0 Å². The van der Waals surface area contributed by atoms with Gasteiger partial charge in [0.05, 0.1) is 6.54 Å². The Hall–Kier alpha value is -3.03. The Balaban J connectivity index is 1.54. The maximum Gasteiger partial charge on any atom is 0.333 e. The fourth-order valence-corrected chi connectivity index (χ4v) is 2.90. The standard InChI is InChI=1S/C17H19N5O3/c1-20-15-14(16(24)21(2)17(20)25)22(11-18-15)10-6-9-13(23)19-12-7-4-3-5-8-12/h3-5,7-8,11,14H,6,9-10H2,1-2H3/p+1. The first-order valence-corrected chi connectivity index (χ1v) is 8.06. The van der Waals surface area contributed by atoms with E-state index in [1.54, 1.807) is 18.0 Å². The summed E-state index contributed by atoms with van der Waals surface area (Å²) in [5, 5.41) is 2.83. The van der Waals surface area contributed by atoms with Gasteiger partial charge in [0.1, 0.15) is 0 Å². The van der Waals surface area contributed by atoms with Gasteiger partial charge >= 0.3 is 6.03 Å². The number of fused-ring (bicyclic) bond motifs is 1. The predicted octanol–water partition coefficient (Wildman–Crippen LogP) is 0.751. The molecule has 0 bridgehead atoms. The first kappa shape index (κ1) is 16.8. The monoisotopic (exact) mass is 342 g/mol. The van der Waals surface area contributed by atoms with E-state index in [1.165, 1.54) is 11.9 Å². The lowest BCUT2D eigenvalue weighted by molar-refractivity contribution is -0.531. The van der Waals surface area contributed by atoms with Crippen molar-refractivity contribution in [2.45, 2.75) is 18.9 Å². The molecule has 8 nitrogen and oxygen atoms in total. The molecule has 8 heteroatoms. The molecule has 0 saturated carbocycles. The molecule has 3 rings (SSSR count). The molecular formula is C17H20N5O3+. The number of hydrogen-bond acceptors (Lipinski definition) is 4. The van der Waals surface area contributed by atoms with Crippen molar-refractivity contribution in [3.63, 3.8) is 0 Å². The summed E-state index contributed by atoms with van der Waals surface area (Å²) in [5.74, 6) is 0.0529. The van der Waals surface area contributed by atoms with E-state index >= 15 is 0 Å². The Morgan fingerprint density at radius 3 is 2.64 bits per heavy atom. The molecule has 1 N–H and O–H groups in total. The summed E-state index contributed by atoms with van der Waals surface area (Å²) in [7, 11) is 3.06. The number of carbonyl (C=O) groups is 3. The quantitative estimate of drug-likeness (QED) is 0.802. The topological polar surface area (TPSA) is 85.1 Å². The van der Waals surface area contributed by atoms with E-state index in [0.717, 1.165) is 10.6 Å². The molecule has 25 heavy (non-hydrogen) atoms. The van der Waals surface area contributed by atoms with E-state index in [2.05, 4.69) is 10.3 Å². The van der Waals surface area contributed by atoms with Gasteiger partial charge < -0.3 is 5.32 Å². The highest BCUT2D eigenvalue weighted by Crippen LogP contribution is 2.17. The summed E-state index contributed by atoms with van der Waals surface area (Å²) in [5.41, 5.74) is 0.759. The predicted molar refractivity (Wildman–Crippen MR) is 92.6 cm³/mol. The molecular weight excluding hydrogens is 322 g/mol. The zero-order chi connectivity index (χ0) is 18.0. The summed E-state index contributed by atoms with van der Waals surface area (Å²) in [6, 6.07) is 8.28. The van der Waals surface area contributed by atoms with Crippen LogP contribution in [0.15, 0.2) is 35.3 Å². The molecule has 1 atom stereocenters. The minimum absolute atomic E-state index is 0.0778. The second kappa shape index (κ2) is 6.84. The molecule has 2 aliphatic heterocycles. The van der Waals surface area contributed by atoms with Gasteiger partial charge in [0.25, 0.3) is 24.1 Å². The smallest absolute Gasteiger partial charge is 0.326 e. The second-order valence-corrected chi connectivity index (χ2v) is 6.00. The van der Waals surface area contributed by atoms with Crippen LogP contribution in [0.25, 0.3) is 0 Å². The van der Waals surface area contributed by atoms with E-state index < -0.39 is 12.1 Å². The molecule has 0 aliphatic carbocycles. The van der Waals surface area contributed by atoms with Crippen LogP contribution in [0.1, 0.15) is 12.8 Å². The van der Waals surface area contributed by atoms with Gasteiger partial charge in [0.15, 0.2) is 0 Å². The third-order valence-electron chi connectivity index (χ3n) is 4.27. The Morgan fingerprint density at radius 2 is 1.92 bits per heavy atom. The Morgan fingerprint density at radius 1 is 1.20 bits per heavy atom. The molecule has 2 heterocycles. The number of hydrogen-bond donors (Lipinski definition) is 1. The van der Waals surface area contributed by atoms with Crippen LogP contribution in [0.5, 0.6) is 0 Å². The van der Waals surface area contributed by atoms with Gasteiger partial charge in [-0.2, -0.15) is 0 Å². The van der Waals surface area contributed by atoms with Crippen LogP contribution < -0.4 is 5.32 Å². The number of carbonyl (C=O) groups excluding carboxylic acids is 3. The van der Waals surface area contributed by atoms with Crippen LogP contribution in [0.2, 0.25) is 0 Å². The fraction of sp³-hybridized carbons (Fsp3) is 0.353. The van der Waals surface area contributed by atoms with Gasteiger partial charge in [-0.1, -0.05) is 18.2 Å². The Labute approximate surface area is 145 Å². The SMILES string of the molecule is CN1C(=O)C2C(=NC=[N+]2CCCC(=O)Nc2ccccc2)N(C)C1=O. The van der Waals surface area contributed by atoms with Gasteiger partial charge in [-0.25, -0.2) is 9.37 Å². The van der Waals surface area contributed by atoms with Crippen LogP contribution in [0, 0.1) is 0 Å². The summed E-state index contributed by atoms with van der Waals surface area (Å²) >= 11 is 0. The summed E-state index contributed by atoms with van der Waals surface area (Å²) < 4.78 is 1.77. The Bertz CT molecular complexity index is 772. The van der Waals surface area contributed by atoms with Gasteiger partial charge in [-0.15, -0.1) is 0 Å². The normalized spacial score (nSPS) is 19.5. The molecule has 0 spiro atoms. The number of nitrogens with one attached hydrogen (secondary N) is 1. The number of urea groups is 1. The van der Waals surface area contributed by atoms with E-state index in [4.69, 9.17) is 0 Å². The van der Waals surface area contributed by atoms with Crippen LogP contribution in [-0.4, -0.2) is 71.1 Å². The van der Waals surface area contributed by atoms with Crippen LogP contribution in [0.3, 0.4) is 0 Å². The number of para-hydroxylation sites is 1. The number of likely N-dealkylation sites (N-methyl/N-ethyl adjacent to an activating group) is 2. The largest absolute Gasteiger partial charge is 0.333 e. The minimum atomic E-state index is -0.593. The second-order valence-electron chi connectivity index (χ2n) is 6.00. The number of benzene rings is 1. The molecule has 4 amide bonds. The number of nitrogens with zero attached hydrogens (tertiary/aromatic N) is 4. The van der Waals surface area contributed by atoms with E-state index in [1.807, 2.05) is 30.3 Å². The lowest BCUT2D eigenvalue weighted by Gasteiger charge is -2.30. The number of rotatable bonds is 5. The van der Waals surface area contributed by atoms with Crippen LogP contribution in [-0.2, 0) is 9.59 Å². The molecule has 1 aromatic carbocycles. The maximum absolute atomic E-state index is 12.4. The minimum Gasteiger partial charge on any atom is -0.326 e. The van der Waals surface area contributed by atoms with Gasteiger partial charge in [-0.05, 0) is 23.5 Å². The van der Waals surface area contributed by atoms with Crippen molar-refractivity contribution in [1.29, 1.82) is 0 Å². The van der Waals surface area contributed by atoms with Crippen molar-refractivity contribution in [3.05, 3.63) is 30.3 Å². The van der Waals surface area contributed by atoms with E-state index in [9.17, 15) is 14.4 Å². The van der Waals surface area contributed by atoms with Crippen molar-refractivity contribution in [2.75, 3.05) is 26.0 Å². The van der Waals surface area contributed by atoms with Crippen molar-refractivity contribution in [1.82, 2.24) is 9.80 Å². The first-order chi connectivity index (χ1) is 12.0. The molecule has 1 saturated heterocycles. The van der Waals surface area contributed by atoms with Crippen LogP contribution in [0.4, 0.5) is 10.5 Å². The highest BCUT2D eigenvalue weighted by molar-refractivity contribution is 6.21. The van der Waals surface area contributed by atoms with Gasteiger partial charge in [-0.3, -0.25) is 19.4 Å². The summed E-state index contributed by atoms with van der Waals surface area (Å²) in [6.45, 7) is 0.501. The molecule has 130 valence electrons.